The topological polar surface area (TPSA) is 64.7 Å². The van der Waals surface area contributed by atoms with Crippen LogP contribution in [-0.2, 0) is 11.3 Å². The number of nitrogens with zero attached hydrogens (tertiary/aromatic N) is 2. The molecule has 0 bridgehead atoms. The highest BCUT2D eigenvalue weighted by Crippen LogP contribution is 2.53. The van der Waals surface area contributed by atoms with Crippen molar-refractivity contribution in [2.45, 2.75) is 11.3 Å². The van der Waals surface area contributed by atoms with Gasteiger partial charge in [-0.1, -0.05) is 72.8 Å². The molecular formula is C22H22N4O2. The molecule has 2 aliphatic rings. The molecule has 142 valence electrons. The maximum absolute atomic E-state index is 13.2. The summed E-state index contributed by atoms with van der Waals surface area (Å²) < 4.78 is 0. The van der Waals surface area contributed by atoms with Crippen LogP contribution in [0.5, 0.6) is 0 Å². The predicted molar refractivity (Wildman–Crippen MR) is 107 cm³/mol. The molecule has 0 aliphatic carbocycles. The van der Waals surface area contributed by atoms with Gasteiger partial charge in [-0.2, -0.15) is 0 Å². The van der Waals surface area contributed by atoms with Crippen molar-refractivity contribution in [3.8, 4) is 0 Å². The van der Waals surface area contributed by atoms with E-state index < -0.39 is 11.3 Å². The maximum Gasteiger partial charge on any atom is 0.322 e. The van der Waals surface area contributed by atoms with Crippen LogP contribution in [0.2, 0.25) is 0 Å². The lowest BCUT2D eigenvalue weighted by atomic mass is 9.81. The highest BCUT2D eigenvalue weighted by atomic mass is 16.2. The van der Waals surface area contributed by atoms with E-state index in [1.54, 1.807) is 22.0 Å². The molecule has 2 saturated heterocycles. The van der Waals surface area contributed by atoms with Gasteiger partial charge in [-0.15, -0.1) is 13.2 Å². The van der Waals surface area contributed by atoms with Gasteiger partial charge in [0, 0.05) is 24.2 Å². The van der Waals surface area contributed by atoms with Crippen molar-refractivity contribution >= 4 is 12.1 Å². The summed E-state index contributed by atoms with van der Waals surface area (Å²) >= 11 is 0. The minimum absolute atomic E-state index is 0.275. The zero-order valence-corrected chi connectivity index (χ0v) is 15.5. The molecule has 2 aromatic rings. The molecular weight excluding hydrogens is 352 g/mol. The Labute approximate surface area is 164 Å². The molecule has 2 heterocycles. The molecule has 2 unspecified atom stereocenters. The van der Waals surface area contributed by atoms with E-state index in [0.717, 1.165) is 11.1 Å². The summed E-state index contributed by atoms with van der Waals surface area (Å²) in [4.78, 5) is 29.6. The molecule has 0 radical (unpaired) electrons. The summed E-state index contributed by atoms with van der Waals surface area (Å²) in [5, 5.41) is 6.24. The first-order valence-corrected chi connectivity index (χ1v) is 9.14. The Balaban J connectivity index is 2.07. The minimum Gasteiger partial charge on any atom is -0.307 e. The first-order valence-electron chi connectivity index (χ1n) is 9.14. The lowest BCUT2D eigenvalue weighted by Crippen LogP contribution is -2.62. The molecule has 0 saturated carbocycles. The van der Waals surface area contributed by atoms with Gasteiger partial charge in [0.25, 0.3) is 0 Å². The third kappa shape index (κ3) is 2.14. The first kappa shape index (κ1) is 17.9. The van der Waals surface area contributed by atoms with E-state index in [-0.39, 0.29) is 25.2 Å². The number of hydrogen-bond acceptors (Lipinski definition) is 2. The molecule has 2 atom stereocenters. The zero-order valence-electron chi connectivity index (χ0n) is 15.5. The van der Waals surface area contributed by atoms with Gasteiger partial charge < -0.3 is 10.6 Å². The van der Waals surface area contributed by atoms with Gasteiger partial charge in [0.2, 0.25) is 0 Å². The summed E-state index contributed by atoms with van der Waals surface area (Å²) in [6.45, 7) is 8.16. The Morgan fingerprint density at radius 3 is 1.39 bits per heavy atom. The number of rotatable bonds is 6. The highest BCUT2D eigenvalue weighted by molar-refractivity contribution is 5.89. The molecule has 2 aliphatic heterocycles. The summed E-state index contributed by atoms with van der Waals surface area (Å²) in [7, 11) is 0. The van der Waals surface area contributed by atoms with Gasteiger partial charge in [-0.05, 0) is 0 Å². The first-order chi connectivity index (χ1) is 13.6. The third-order valence-corrected chi connectivity index (χ3v) is 5.41. The van der Waals surface area contributed by atoms with Gasteiger partial charge in [-0.25, -0.2) is 9.59 Å². The summed E-state index contributed by atoms with van der Waals surface area (Å²) in [6, 6.07) is 18.6. The van der Waals surface area contributed by atoms with E-state index in [2.05, 4.69) is 23.8 Å². The van der Waals surface area contributed by atoms with Gasteiger partial charge in [-0.3, -0.25) is 9.80 Å². The lowest BCUT2D eigenvalue weighted by Gasteiger charge is -2.45. The van der Waals surface area contributed by atoms with E-state index in [9.17, 15) is 9.59 Å². The van der Waals surface area contributed by atoms with Gasteiger partial charge >= 0.3 is 12.1 Å². The van der Waals surface area contributed by atoms with Crippen molar-refractivity contribution in [1.82, 2.24) is 20.4 Å². The van der Waals surface area contributed by atoms with Crippen molar-refractivity contribution in [3.63, 3.8) is 0 Å². The minimum atomic E-state index is -1.14. The van der Waals surface area contributed by atoms with Crippen LogP contribution in [0, 0.1) is 0 Å². The van der Waals surface area contributed by atoms with Crippen molar-refractivity contribution in [2.24, 2.45) is 0 Å². The Kier molecular flexibility index (Phi) is 4.19. The Bertz CT molecular complexity index is 853. The van der Waals surface area contributed by atoms with E-state index in [0.29, 0.717) is 0 Å². The maximum atomic E-state index is 13.2. The molecule has 28 heavy (non-hydrogen) atoms. The number of nitrogens with one attached hydrogen (secondary N) is 2. The second-order valence-electron chi connectivity index (χ2n) is 6.81. The Hall–Kier alpha value is -3.54. The number of benzene rings is 2. The van der Waals surface area contributed by atoms with E-state index in [4.69, 9.17) is 0 Å². The monoisotopic (exact) mass is 374 g/mol. The molecule has 0 aromatic heterocycles. The Morgan fingerprint density at radius 2 is 1.07 bits per heavy atom. The second-order valence-corrected chi connectivity index (χ2v) is 6.81. The molecule has 6 nitrogen and oxygen atoms in total. The number of urea groups is 2. The van der Waals surface area contributed by atoms with Crippen molar-refractivity contribution in [1.29, 1.82) is 0 Å². The smallest absolute Gasteiger partial charge is 0.307 e. The molecule has 2 aromatic carbocycles. The average molecular weight is 374 g/mol. The van der Waals surface area contributed by atoms with Crippen molar-refractivity contribution in [3.05, 3.63) is 97.1 Å². The van der Waals surface area contributed by atoms with Crippen LogP contribution in [0.25, 0.3) is 0 Å². The Morgan fingerprint density at radius 1 is 0.714 bits per heavy atom. The third-order valence-electron chi connectivity index (χ3n) is 5.41. The predicted octanol–water partition coefficient (Wildman–Crippen LogP) is 3.11. The van der Waals surface area contributed by atoms with E-state index in [1.165, 1.54) is 0 Å². The highest BCUT2D eigenvalue weighted by Gasteiger charge is 2.73. The molecule has 2 N–H and O–H groups in total. The number of amides is 4. The zero-order chi connectivity index (χ0) is 19.8. The van der Waals surface area contributed by atoms with Gasteiger partial charge in [0.15, 0.2) is 11.3 Å². The fourth-order valence-electron chi connectivity index (χ4n) is 4.39. The van der Waals surface area contributed by atoms with Crippen LogP contribution in [0.4, 0.5) is 9.59 Å². The average Bonchev–Trinajstić information content (AvgIpc) is 3.11. The summed E-state index contributed by atoms with van der Waals surface area (Å²) in [5.41, 5.74) is -0.667. The van der Waals surface area contributed by atoms with Crippen molar-refractivity contribution in [2.75, 3.05) is 13.1 Å². The SMILES string of the molecule is C=CCN1C(=O)NC2(c3ccccc3)N(CC=C)C(=O)NC12c1ccccc1. The normalized spacial score (nSPS) is 25.9. The fraction of sp³-hybridized carbons (Fsp3) is 0.182. The molecule has 4 rings (SSSR count). The number of carbonyl (C=O) groups excluding carboxylic acids is 2. The van der Waals surface area contributed by atoms with E-state index >= 15 is 0 Å². The molecule has 6 heteroatoms. The quantitative estimate of drug-likeness (QED) is 0.763. The van der Waals surface area contributed by atoms with Gasteiger partial charge in [0.1, 0.15) is 0 Å². The summed E-state index contributed by atoms with van der Waals surface area (Å²) in [5.74, 6) is 0. The van der Waals surface area contributed by atoms with Crippen molar-refractivity contribution < 1.29 is 9.59 Å². The summed E-state index contributed by atoms with van der Waals surface area (Å²) in [6.07, 6.45) is 3.32. The standard InChI is InChI=1S/C22H22N4O2/c1-3-15-25-19(27)23-22(18-13-9-6-10-14-18)21(25,17-11-7-5-8-12-17)24-20(28)26(22)16-4-2/h3-14H,1-2,15-16H2,(H,23,27)(H,24,28). The van der Waals surface area contributed by atoms with Crippen LogP contribution in [0.1, 0.15) is 11.1 Å². The van der Waals surface area contributed by atoms with Crippen LogP contribution in [-0.4, -0.2) is 35.0 Å². The van der Waals surface area contributed by atoms with Crippen LogP contribution in [0.15, 0.2) is 86.0 Å². The molecule has 4 amide bonds. The number of hydrogen-bond donors (Lipinski definition) is 2. The van der Waals surface area contributed by atoms with E-state index in [1.807, 2.05) is 60.7 Å². The number of fused-ring (bicyclic) bond motifs is 1. The molecule has 2 fully saturated rings. The van der Waals surface area contributed by atoms with Crippen LogP contribution < -0.4 is 10.6 Å². The fourth-order valence-corrected chi connectivity index (χ4v) is 4.39. The molecule has 0 spiro atoms. The second kappa shape index (κ2) is 6.56. The van der Waals surface area contributed by atoms with Gasteiger partial charge in [0.05, 0.1) is 0 Å². The lowest BCUT2D eigenvalue weighted by molar-refractivity contribution is 0.0357. The van der Waals surface area contributed by atoms with Crippen LogP contribution >= 0.6 is 0 Å². The largest absolute Gasteiger partial charge is 0.322 e. The number of carbonyl (C=O) groups is 2. The van der Waals surface area contributed by atoms with Crippen LogP contribution in [0.3, 0.4) is 0 Å².